The Labute approximate surface area is 139 Å². The van der Waals surface area contributed by atoms with Gasteiger partial charge in [0.25, 0.3) is 0 Å². The molecule has 1 unspecified atom stereocenters. The number of carbonyl (C=O) groups excluding carboxylic acids is 1. The van der Waals surface area contributed by atoms with Gasteiger partial charge in [0.1, 0.15) is 0 Å². The predicted octanol–water partition coefficient (Wildman–Crippen LogP) is 0.856. The quantitative estimate of drug-likeness (QED) is 0.766. The van der Waals surface area contributed by atoms with Gasteiger partial charge in [-0.2, -0.15) is 0 Å². The average molecular weight is 354 g/mol. The molecule has 1 saturated heterocycles. The third-order valence-electron chi connectivity index (χ3n) is 4.55. The fourth-order valence-corrected chi connectivity index (χ4v) is 4.95. The Balaban J connectivity index is 0.00000242. The second kappa shape index (κ2) is 8.47. The Morgan fingerprint density at radius 2 is 1.91 bits per heavy atom. The van der Waals surface area contributed by atoms with E-state index in [4.69, 9.17) is 5.73 Å². The van der Waals surface area contributed by atoms with Gasteiger partial charge < -0.3 is 10.6 Å². The SMILES string of the molecule is C[C@H](CN)NS(=O)(=O)C1CCCN(C(=O)C2CCCC2)C1.Cl. The van der Waals surface area contributed by atoms with E-state index >= 15 is 0 Å². The lowest BCUT2D eigenvalue weighted by atomic mass is 10.0. The molecule has 2 rings (SSSR count). The van der Waals surface area contributed by atoms with E-state index in [0.717, 1.165) is 32.1 Å². The first-order valence-electron chi connectivity index (χ1n) is 7.94. The van der Waals surface area contributed by atoms with Gasteiger partial charge in [0.2, 0.25) is 15.9 Å². The molecule has 6 nitrogen and oxygen atoms in total. The van der Waals surface area contributed by atoms with Crippen LogP contribution in [-0.4, -0.2) is 50.2 Å². The molecule has 0 radical (unpaired) electrons. The molecule has 1 aliphatic heterocycles. The summed E-state index contributed by atoms with van der Waals surface area (Å²) in [5, 5.41) is -0.509. The third-order valence-corrected chi connectivity index (χ3v) is 6.55. The van der Waals surface area contributed by atoms with Crippen LogP contribution < -0.4 is 10.5 Å². The minimum absolute atomic E-state index is 0. The monoisotopic (exact) mass is 353 g/mol. The zero-order valence-corrected chi connectivity index (χ0v) is 14.8. The molecule has 0 aromatic heterocycles. The number of nitrogens with one attached hydrogen (secondary N) is 1. The Bertz CT molecular complexity index is 466. The number of hydrogen-bond acceptors (Lipinski definition) is 4. The summed E-state index contributed by atoms with van der Waals surface area (Å²) in [7, 11) is -3.41. The van der Waals surface area contributed by atoms with Crippen LogP contribution in [0.4, 0.5) is 0 Å². The van der Waals surface area contributed by atoms with Crippen molar-refractivity contribution in [2.24, 2.45) is 11.7 Å². The molecule has 8 heteroatoms. The summed E-state index contributed by atoms with van der Waals surface area (Å²) >= 11 is 0. The van der Waals surface area contributed by atoms with Crippen molar-refractivity contribution in [2.45, 2.75) is 56.7 Å². The predicted molar refractivity (Wildman–Crippen MR) is 89.4 cm³/mol. The maximum absolute atomic E-state index is 12.4. The summed E-state index contributed by atoms with van der Waals surface area (Å²) in [6, 6.07) is -0.268. The van der Waals surface area contributed by atoms with E-state index < -0.39 is 15.3 Å². The largest absolute Gasteiger partial charge is 0.341 e. The van der Waals surface area contributed by atoms with Gasteiger partial charge in [0.15, 0.2) is 0 Å². The number of piperidine rings is 1. The lowest BCUT2D eigenvalue weighted by Crippen LogP contribution is -2.51. The number of sulfonamides is 1. The van der Waals surface area contributed by atoms with E-state index in [1.807, 2.05) is 0 Å². The number of amides is 1. The second-order valence-electron chi connectivity index (χ2n) is 6.33. The van der Waals surface area contributed by atoms with Gasteiger partial charge in [0, 0.05) is 31.6 Å². The van der Waals surface area contributed by atoms with Crippen LogP contribution >= 0.6 is 12.4 Å². The van der Waals surface area contributed by atoms with Gasteiger partial charge in [-0.3, -0.25) is 4.79 Å². The smallest absolute Gasteiger partial charge is 0.225 e. The van der Waals surface area contributed by atoms with Crippen LogP contribution in [0.15, 0.2) is 0 Å². The minimum Gasteiger partial charge on any atom is -0.341 e. The summed E-state index contributed by atoms with van der Waals surface area (Å²) in [6.07, 6.45) is 5.50. The van der Waals surface area contributed by atoms with Gasteiger partial charge in [-0.05, 0) is 32.6 Å². The zero-order valence-electron chi connectivity index (χ0n) is 13.2. The molecule has 2 aliphatic rings. The number of nitrogens with zero attached hydrogens (tertiary/aromatic N) is 1. The molecule has 1 amide bonds. The first-order chi connectivity index (χ1) is 9.94. The highest BCUT2D eigenvalue weighted by molar-refractivity contribution is 7.90. The molecule has 3 N–H and O–H groups in total. The maximum Gasteiger partial charge on any atom is 0.225 e. The van der Waals surface area contributed by atoms with Crippen molar-refractivity contribution in [3.63, 3.8) is 0 Å². The summed E-state index contributed by atoms with van der Waals surface area (Å²) in [6.45, 7) is 3.04. The van der Waals surface area contributed by atoms with Gasteiger partial charge >= 0.3 is 0 Å². The van der Waals surface area contributed by atoms with Gasteiger partial charge in [-0.15, -0.1) is 12.4 Å². The number of nitrogens with two attached hydrogens (primary N) is 1. The van der Waals surface area contributed by atoms with Crippen LogP contribution in [0.3, 0.4) is 0 Å². The van der Waals surface area contributed by atoms with Crippen molar-refractivity contribution in [1.29, 1.82) is 0 Å². The molecule has 2 atom stereocenters. The van der Waals surface area contributed by atoms with Crippen LogP contribution in [0, 0.1) is 5.92 Å². The van der Waals surface area contributed by atoms with Gasteiger partial charge in [-0.1, -0.05) is 12.8 Å². The minimum atomic E-state index is -3.41. The summed E-state index contributed by atoms with van der Waals surface area (Å²) in [4.78, 5) is 14.2. The number of hydrogen-bond donors (Lipinski definition) is 2. The zero-order chi connectivity index (χ0) is 15.5. The molecule has 1 heterocycles. The normalized spacial score (nSPS) is 24.8. The van der Waals surface area contributed by atoms with Gasteiger partial charge in [-0.25, -0.2) is 13.1 Å². The molecule has 2 fully saturated rings. The highest BCUT2D eigenvalue weighted by Crippen LogP contribution is 2.28. The standard InChI is InChI=1S/C14H27N3O3S.ClH/c1-11(9-15)16-21(19,20)13-7-4-8-17(10-13)14(18)12-5-2-3-6-12;/h11-13,16H,2-10,15H2,1H3;1H/t11-,13?;/m1./s1. The average Bonchev–Trinajstić information content (AvgIpc) is 3.00. The van der Waals surface area contributed by atoms with Crippen LogP contribution in [0.2, 0.25) is 0 Å². The Morgan fingerprint density at radius 3 is 2.50 bits per heavy atom. The molecular weight excluding hydrogens is 326 g/mol. The summed E-state index contributed by atoms with van der Waals surface area (Å²) in [5.41, 5.74) is 5.48. The van der Waals surface area contributed by atoms with Crippen LogP contribution in [0.1, 0.15) is 45.4 Å². The van der Waals surface area contributed by atoms with Crippen LogP contribution in [0.5, 0.6) is 0 Å². The summed E-state index contributed by atoms with van der Waals surface area (Å²) in [5.74, 6) is 0.265. The highest BCUT2D eigenvalue weighted by Gasteiger charge is 2.35. The summed E-state index contributed by atoms with van der Waals surface area (Å²) < 4.78 is 27.3. The van der Waals surface area contributed by atoms with E-state index in [1.54, 1.807) is 11.8 Å². The Kier molecular flexibility index (Phi) is 7.58. The number of halogens is 1. The third kappa shape index (κ3) is 4.81. The first kappa shape index (κ1) is 19.7. The van der Waals surface area contributed by atoms with E-state index in [1.165, 1.54) is 0 Å². The first-order valence-corrected chi connectivity index (χ1v) is 9.48. The lowest BCUT2D eigenvalue weighted by Gasteiger charge is -2.34. The fourth-order valence-electron chi connectivity index (χ4n) is 3.25. The van der Waals surface area contributed by atoms with Crippen molar-refractivity contribution >= 4 is 28.3 Å². The molecule has 0 bridgehead atoms. The molecule has 0 aromatic carbocycles. The van der Waals surface area contributed by atoms with E-state index in [0.29, 0.717) is 19.5 Å². The highest BCUT2D eigenvalue weighted by atomic mass is 35.5. The van der Waals surface area contributed by atoms with Crippen molar-refractivity contribution in [3.8, 4) is 0 Å². The van der Waals surface area contributed by atoms with Crippen molar-refractivity contribution in [1.82, 2.24) is 9.62 Å². The van der Waals surface area contributed by atoms with E-state index in [9.17, 15) is 13.2 Å². The van der Waals surface area contributed by atoms with E-state index in [-0.39, 0.29) is 36.8 Å². The molecule has 0 spiro atoms. The maximum atomic E-state index is 12.4. The molecule has 130 valence electrons. The van der Waals surface area contributed by atoms with Crippen LogP contribution in [-0.2, 0) is 14.8 Å². The molecule has 22 heavy (non-hydrogen) atoms. The van der Waals surface area contributed by atoms with Gasteiger partial charge in [0.05, 0.1) is 5.25 Å². The number of likely N-dealkylation sites (tertiary alicyclic amines) is 1. The lowest BCUT2D eigenvalue weighted by molar-refractivity contribution is -0.136. The van der Waals surface area contributed by atoms with Crippen molar-refractivity contribution < 1.29 is 13.2 Å². The van der Waals surface area contributed by atoms with E-state index in [2.05, 4.69) is 4.72 Å². The topological polar surface area (TPSA) is 92.5 Å². The number of carbonyl (C=O) groups is 1. The van der Waals surface area contributed by atoms with Crippen molar-refractivity contribution in [3.05, 3.63) is 0 Å². The Morgan fingerprint density at radius 1 is 1.27 bits per heavy atom. The fraction of sp³-hybridized carbons (Fsp3) is 0.929. The second-order valence-corrected chi connectivity index (χ2v) is 8.32. The molecule has 0 aromatic rings. The molecular formula is C14H28ClN3O3S. The Hall–Kier alpha value is -0.370. The molecule has 1 saturated carbocycles. The van der Waals surface area contributed by atoms with Crippen LogP contribution in [0.25, 0.3) is 0 Å². The number of rotatable bonds is 5. The molecule has 1 aliphatic carbocycles. The van der Waals surface area contributed by atoms with Crippen molar-refractivity contribution in [2.75, 3.05) is 19.6 Å².